The number of methoxy groups -OCH3 is 1. The summed E-state index contributed by atoms with van der Waals surface area (Å²) in [6.45, 7) is 0.710. The molecule has 1 aromatic rings. The lowest BCUT2D eigenvalue weighted by Gasteiger charge is -2.04. The number of esters is 1. The summed E-state index contributed by atoms with van der Waals surface area (Å²) in [5.41, 5.74) is 0. The zero-order chi connectivity index (χ0) is 11.8. The van der Waals surface area contributed by atoms with Gasteiger partial charge in [0.25, 0.3) is 0 Å². The topological polar surface area (TPSA) is 64.1 Å². The highest BCUT2D eigenvalue weighted by atomic mass is 16.5. The molecule has 1 rings (SSSR count). The molecule has 0 spiro atoms. The molecular weight excluding hydrogens is 206 g/mol. The van der Waals surface area contributed by atoms with Gasteiger partial charge in [-0.2, -0.15) is 0 Å². The number of hydrogen-bond acceptors (Lipinski definition) is 5. The van der Waals surface area contributed by atoms with Gasteiger partial charge in [0.2, 0.25) is 5.82 Å². The number of nitrogens with one attached hydrogen (secondary N) is 1. The molecule has 0 bridgehead atoms. The molecule has 5 heteroatoms. The molecule has 0 aliphatic rings. The van der Waals surface area contributed by atoms with E-state index in [1.54, 1.807) is 6.07 Å². The van der Waals surface area contributed by atoms with E-state index >= 15 is 0 Å². The number of anilines is 1. The molecule has 84 valence electrons. The van der Waals surface area contributed by atoms with Gasteiger partial charge in [-0.15, -0.1) is 12.3 Å². The van der Waals surface area contributed by atoms with Gasteiger partial charge in [0.05, 0.1) is 7.11 Å². The van der Waals surface area contributed by atoms with Crippen molar-refractivity contribution in [1.29, 1.82) is 0 Å². The highest BCUT2D eigenvalue weighted by Gasteiger charge is 2.08. The Hall–Kier alpha value is -2.09. The summed E-state index contributed by atoms with van der Waals surface area (Å²) in [4.78, 5) is 18.9. The van der Waals surface area contributed by atoms with Gasteiger partial charge in [-0.1, -0.05) is 0 Å². The first-order valence-electron chi connectivity index (χ1n) is 4.86. The minimum Gasteiger partial charge on any atom is -0.463 e. The van der Waals surface area contributed by atoms with E-state index in [-0.39, 0.29) is 5.82 Å². The van der Waals surface area contributed by atoms with Crippen LogP contribution in [0.1, 0.15) is 23.5 Å². The van der Waals surface area contributed by atoms with Gasteiger partial charge in [-0.05, 0) is 12.5 Å². The molecule has 1 aromatic heterocycles. The average molecular weight is 219 g/mol. The van der Waals surface area contributed by atoms with E-state index < -0.39 is 5.97 Å². The third kappa shape index (κ3) is 3.58. The van der Waals surface area contributed by atoms with Crippen LogP contribution in [-0.2, 0) is 4.74 Å². The SMILES string of the molecule is C#CCCCNc1ccnc(C(=O)OC)n1. The van der Waals surface area contributed by atoms with E-state index in [1.807, 2.05) is 0 Å². The van der Waals surface area contributed by atoms with Crippen molar-refractivity contribution in [2.45, 2.75) is 12.8 Å². The van der Waals surface area contributed by atoms with Crippen molar-refractivity contribution in [2.24, 2.45) is 0 Å². The van der Waals surface area contributed by atoms with Crippen molar-refractivity contribution in [1.82, 2.24) is 9.97 Å². The summed E-state index contributed by atoms with van der Waals surface area (Å²) < 4.78 is 4.52. The van der Waals surface area contributed by atoms with Crippen molar-refractivity contribution in [3.63, 3.8) is 0 Å². The number of aromatic nitrogens is 2. The normalized spacial score (nSPS) is 9.25. The number of unbranched alkanes of at least 4 members (excludes halogenated alkanes) is 1. The van der Waals surface area contributed by atoms with E-state index in [9.17, 15) is 4.79 Å². The third-order valence-corrected chi connectivity index (χ3v) is 1.83. The van der Waals surface area contributed by atoms with E-state index in [2.05, 4.69) is 25.9 Å². The Kier molecular flexibility index (Phi) is 4.80. The van der Waals surface area contributed by atoms with Crippen LogP contribution in [0.4, 0.5) is 5.82 Å². The molecule has 16 heavy (non-hydrogen) atoms. The molecule has 0 aromatic carbocycles. The first kappa shape index (κ1) is 12.0. The lowest BCUT2D eigenvalue weighted by Crippen LogP contribution is -2.10. The maximum atomic E-state index is 11.1. The fraction of sp³-hybridized carbons (Fsp3) is 0.364. The summed E-state index contributed by atoms with van der Waals surface area (Å²) in [6, 6.07) is 1.68. The molecule has 1 N–H and O–H groups in total. The minimum absolute atomic E-state index is 0.0458. The number of terminal acetylenes is 1. The fourth-order valence-corrected chi connectivity index (χ4v) is 1.05. The van der Waals surface area contributed by atoms with Crippen LogP contribution < -0.4 is 5.32 Å². The largest absolute Gasteiger partial charge is 0.463 e. The van der Waals surface area contributed by atoms with Crippen LogP contribution in [0.25, 0.3) is 0 Å². The van der Waals surface area contributed by atoms with Crippen LogP contribution in [0.5, 0.6) is 0 Å². The molecule has 0 amide bonds. The number of carbonyl (C=O) groups excluding carboxylic acids is 1. The molecule has 0 fully saturated rings. The Labute approximate surface area is 94.2 Å². The number of hydrogen-bond donors (Lipinski definition) is 1. The lowest BCUT2D eigenvalue weighted by atomic mass is 10.3. The molecule has 0 atom stereocenters. The van der Waals surface area contributed by atoms with Gasteiger partial charge in [-0.25, -0.2) is 14.8 Å². The molecule has 0 aliphatic carbocycles. The first-order chi connectivity index (χ1) is 7.77. The van der Waals surface area contributed by atoms with Crippen LogP contribution in [-0.4, -0.2) is 29.6 Å². The van der Waals surface area contributed by atoms with Gasteiger partial charge < -0.3 is 10.1 Å². The zero-order valence-corrected chi connectivity index (χ0v) is 9.06. The molecule has 0 saturated carbocycles. The monoisotopic (exact) mass is 219 g/mol. The summed E-state index contributed by atoms with van der Waals surface area (Å²) in [7, 11) is 1.29. The van der Waals surface area contributed by atoms with Gasteiger partial charge in [-0.3, -0.25) is 0 Å². The summed E-state index contributed by atoms with van der Waals surface area (Å²) >= 11 is 0. The second kappa shape index (κ2) is 6.40. The van der Waals surface area contributed by atoms with Crippen molar-refractivity contribution < 1.29 is 9.53 Å². The Morgan fingerprint density at radius 2 is 2.50 bits per heavy atom. The fourth-order valence-electron chi connectivity index (χ4n) is 1.05. The van der Waals surface area contributed by atoms with Crippen LogP contribution in [0, 0.1) is 12.3 Å². The van der Waals surface area contributed by atoms with Crippen LogP contribution in [0.15, 0.2) is 12.3 Å². The molecule has 0 unspecified atom stereocenters. The summed E-state index contributed by atoms with van der Waals surface area (Å²) in [5.74, 6) is 2.63. The zero-order valence-electron chi connectivity index (χ0n) is 9.06. The number of carbonyl (C=O) groups is 1. The minimum atomic E-state index is -0.549. The lowest BCUT2D eigenvalue weighted by molar-refractivity contribution is 0.0587. The van der Waals surface area contributed by atoms with Crippen molar-refractivity contribution in [2.75, 3.05) is 19.0 Å². The van der Waals surface area contributed by atoms with Gasteiger partial charge >= 0.3 is 5.97 Å². The predicted octanol–water partition coefficient (Wildman–Crippen LogP) is 1.09. The Balaban J connectivity index is 2.54. The van der Waals surface area contributed by atoms with Gasteiger partial charge in [0.15, 0.2) is 0 Å². The average Bonchev–Trinajstić information content (AvgIpc) is 2.34. The molecule has 5 nitrogen and oxygen atoms in total. The predicted molar refractivity (Wildman–Crippen MR) is 59.9 cm³/mol. The Morgan fingerprint density at radius 1 is 1.69 bits per heavy atom. The summed E-state index contributed by atoms with van der Waals surface area (Å²) in [5, 5.41) is 3.04. The van der Waals surface area contributed by atoms with Crippen LogP contribution in [0.3, 0.4) is 0 Å². The van der Waals surface area contributed by atoms with Crippen LogP contribution in [0.2, 0.25) is 0 Å². The third-order valence-electron chi connectivity index (χ3n) is 1.83. The van der Waals surface area contributed by atoms with Crippen molar-refractivity contribution in [3.8, 4) is 12.3 Å². The van der Waals surface area contributed by atoms with E-state index in [1.165, 1.54) is 13.3 Å². The quantitative estimate of drug-likeness (QED) is 0.456. The first-order valence-corrected chi connectivity index (χ1v) is 4.86. The van der Waals surface area contributed by atoms with Gasteiger partial charge in [0, 0.05) is 19.2 Å². The molecule has 1 heterocycles. The number of ether oxygens (including phenoxy) is 1. The van der Waals surface area contributed by atoms with Crippen molar-refractivity contribution in [3.05, 3.63) is 18.1 Å². The molecule has 0 radical (unpaired) electrons. The highest BCUT2D eigenvalue weighted by Crippen LogP contribution is 2.03. The highest BCUT2D eigenvalue weighted by molar-refractivity contribution is 5.85. The van der Waals surface area contributed by atoms with E-state index in [4.69, 9.17) is 6.42 Å². The molecule has 0 saturated heterocycles. The second-order valence-corrected chi connectivity index (χ2v) is 2.99. The molecular formula is C11H13N3O2. The molecule has 0 aliphatic heterocycles. The van der Waals surface area contributed by atoms with E-state index in [0.29, 0.717) is 18.8 Å². The Morgan fingerprint density at radius 3 is 3.19 bits per heavy atom. The smallest absolute Gasteiger partial charge is 0.376 e. The maximum absolute atomic E-state index is 11.1. The van der Waals surface area contributed by atoms with Gasteiger partial charge in [0.1, 0.15) is 5.82 Å². The van der Waals surface area contributed by atoms with Crippen LogP contribution >= 0.6 is 0 Å². The maximum Gasteiger partial charge on any atom is 0.376 e. The Bertz CT molecular complexity index is 398. The second-order valence-electron chi connectivity index (χ2n) is 2.99. The number of nitrogens with zero attached hydrogens (tertiary/aromatic N) is 2. The van der Waals surface area contributed by atoms with Crippen molar-refractivity contribution >= 4 is 11.8 Å². The number of rotatable bonds is 5. The summed E-state index contributed by atoms with van der Waals surface area (Å²) in [6.07, 6.45) is 8.19. The van der Waals surface area contributed by atoms with E-state index in [0.717, 1.165) is 6.42 Å². The standard InChI is InChI=1S/C11H13N3O2/c1-3-4-5-7-12-9-6-8-13-10(14-9)11(15)16-2/h1,6,8H,4-5,7H2,2H3,(H,12,13,14).